The van der Waals surface area contributed by atoms with Crippen molar-refractivity contribution in [3.05, 3.63) is 29.3 Å². The minimum Gasteiger partial charge on any atom is -0.543 e. The summed E-state index contributed by atoms with van der Waals surface area (Å²) >= 11 is 0. The van der Waals surface area contributed by atoms with Gasteiger partial charge in [0.15, 0.2) is 6.29 Å². The van der Waals surface area contributed by atoms with E-state index in [0.29, 0.717) is 19.8 Å². The van der Waals surface area contributed by atoms with Gasteiger partial charge in [0.1, 0.15) is 5.75 Å². The molecule has 1 aromatic carbocycles. The standard InChI is InChI=1S/C17H29NO3Si/c1-17(2,3)22(4,5)21-15-12-13(8-9-18)6-7-14(15)16-19-10-11-20-16/h6-7,12,16H,8-11,18H2,1-5H3. The summed E-state index contributed by atoms with van der Waals surface area (Å²) in [7, 11) is -1.92. The van der Waals surface area contributed by atoms with Gasteiger partial charge < -0.3 is 19.6 Å². The van der Waals surface area contributed by atoms with E-state index >= 15 is 0 Å². The molecule has 1 aliphatic rings. The molecular formula is C17H29NO3Si. The first-order valence-corrected chi connectivity index (χ1v) is 10.9. The Morgan fingerprint density at radius 3 is 2.41 bits per heavy atom. The number of nitrogens with two attached hydrogens (primary N) is 1. The maximum atomic E-state index is 6.53. The average molecular weight is 324 g/mol. The molecule has 2 rings (SSSR count). The summed E-state index contributed by atoms with van der Waals surface area (Å²) < 4.78 is 17.9. The van der Waals surface area contributed by atoms with Crippen molar-refractivity contribution in [2.45, 2.75) is 51.6 Å². The minimum atomic E-state index is -1.92. The lowest BCUT2D eigenvalue weighted by molar-refractivity contribution is -0.0450. The number of hydrogen-bond acceptors (Lipinski definition) is 4. The van der Waals surface area contributed by atoms with Crippen LogP contribution in [0.25, 0.3) is 0 Å². The lowest BCUT2D eigenvalue weighted by Gasteiger charge is -2.37. The van der Waals surface area contributed by atoms with E-state index in [4.69, 9.17) is 19.6 Å². The van der Waals surface area contributed by atoms with Crippen molar-refractivity contribution in [2.24, 2.45) is 5.73 Å². The summed E-state index contributed by atoms with van der Waals surface area (Å²) in [5.41, 5.74) is 7.87. The summed E-state index contributed by atoms with van der Waals surface area (Å²) in [6, 6.07) is 6.25. The first-order chi connectivity index (χ1) is 10.2. The third kappa shape index (κ3) is 3.90. The molecule has 1 fully saturated rings. The van der Waals surface area contributed by atoms with Crippen LogP contribution >= 0.6 is 0 Å². The Kier molecular flexibility index (Phi) is 5.32. The molecule has 0 spiro atoms. The second kappa shape index (κ2) is 6.70. The Morgan fingerprint density at radius 2 is 1.86 bits per heavy atom. The van der Waals surface area contributed by atoms with Crippen molar-refractivity contribution < 1.29 is 13.9 Å². The second-order valence-corrected chi connectivity index (χ2v) is 12.1. The van der Waals surface area contributed by atoms with E-state index < -0.39 is 8.32 Å². The van der Waals surface area contributed by atoms with Crippen LogP contribution in [0.1, 0.15) is 38.2 Å². The SMILES string of the molecule is CC(C)(C)[Si](C)(C)Oc1cc(CCN)ccc1C1OCCO1. The molecule has 22 heavy (non-hydrogen) atoms. The van der Waals surface area contributed by atoms with Crippen LogP contribution in [0.5, 0.6) is 5.75 Å². The molecule has 1 saturated heterocycles. The van der Waals surface area contributed by atoms with E-state index in [1.807, 2.05) is 0 Å². The zero-order valence-corrected chi connectivity index (χ0v) is 15.4. The van der Waals surface area contributed by atoms with E-state index in [0.717, 1.165) is 17.7 Å². The summed E-state index contributed by atoms with van der Waals surface area (Å²) in [6.07, 6.45) is 0.534. The van der Waals surface area contributed by atoms with Gasteiger partial charge in [0, 0.05) is 5.56 Å². The van der Waals surface area contributed by atoms with E-state index in [1.54, 1.807) is 0 Å². The van der Waals surface area contributed by atoms with Gasteiger partial charge in [0.25, 0.3) is 0 Å². The van der Waals surface area contributed by atoms with Gasteiger partial charge in [0.05, 0.1) is 13.2 Å². The third-order valence-electron chi connectivity index (χ3n) is 4.56. The summed E-state index contributed by atoms with van der Waals surface area (Å²) in [6.45, 7) is 13.1. The number of benzene rings is 1. The summed E-state index contributed by atoms with van der Waals surface area (Å²) in [4.78, 5) is 0. The number of ether oxygens (including phenoxy) is 2. The molecule has 1 heterocycles. The van der Waals surface area contributed by atoms with Crippen LogP contribution in [0.2, 0.25) is 18.1 Å². The van der Waals surface area contributed by atoms with Crippen LogP contribution in [0.4, 0.5) is 0 Å². The van der Waals surface area contributed by atoms with Crippen LogP contribution in [-0.2, 0) is 15.9 Å². The summed E-state index contributed by atoms with van der Waals surface area (Å²) in [5.74, 6) is 0.893. The predicted octanol–water partition coefficient (Wildman–Crippen LogP) is 3.62. The van der Waals surface area contributed by atoms with Crippen LogP contribution in [-0.4, -0.2) is 28.1 Å². The van der Waals surface area contributed by atoms with Crippen molar-refractivity contribution in [1.82, 2.24) is 0 Å². The van der Waals surface area contributed by atoms with Gasteiger partial charge in [-0.2, -0.15) is 0 Å². The third-order valence-corrected chi connectivity index (χ3v) is 8.90. The molecule has 5 heteroatoms. The minimum absolute atomic E-state index is 0.144. The van der Waals surface area contributed by atoms with Crippen LogP contribution in [0.15, 0.2) is 18.2 Å². The highest BCUT2D eigenvalue weighted by atomic mass is 28.4. The second-order valence-electron chi connectivity index (χ2n) is 7.35. The lowest BCUT2D eigenvalue weighted by Crippen LogP contribution is -2.44. The molecule has 124 valence electrons. The van der Waals surface area contributed by atoms with Gasteiger partial charge in [-0.1, -0.05) is 26.8 Å². The number of hydrogen-bond donors (Lipinski definition) is 1. The van der Waals surface area contributed by atoms with Gasteiger partial charge in [-0.25, -0.2) is 0 Å². The van der Waals surface area contributed by atoms with Gasteiger partial charge >= 0.3 is 0 Å². The first kappa shape index (κ1) is 17.5. The summed E-state index contributed by atoms with van der Waals surface area (Å²) in [5, 5.41) is 0.144. The fraction of sp³-hybridized carbons (Fsp3) is 0.647. The molecule has 0 amide bonds. The van der Waals surface area contributed by atoms with Gasteiger partial charge in [-0.3, -0.25) is 0 Å². The van der Waals surface area contributed by atoms with Crippen molar-refractivity contribution in [1.29, 1.82) is 0 Å². The molecule has 0 atom stereocenters. The van der Waals surface area contributed by atoms with Crippen molar-refractivity contribution in [2.75, 3.05) is 19.8 Å². The molecule has 0 aliphatic carbocycles. The topological polar surface area (TPSA) is 53.7 Å². The molecule has 0 saturated carbocycles. The first-order valence-electron chi connectivity index (χ1n) is 8.00. The van der Waals surface area contributed by atoms with Gasteiger partial charge in [-0.05, 0) is 48.8 Å². The Bertz CT molecular complexity index is 505. The quantitative estimate of drug-likeness (QED) is 0.841. The zero-order chi connectivity index (χ0) is 16.4. The Hall–Kier alpha value is -0.883. The van der Waals surface area contributed by atoms with Crippen molar-refractivity contribution in [3.8, 4) is 5.75 Å². The lowest BCUT2D eigenvalue weighted by atomic mass is 10.1. The molecule has 2 N–H and O–H groups in total. The zero-order valence-electron chi connectivity index (χ0n) is 14.4. The monoisotopic (exact) mass is 323 g/mol. The molecule has 1 aromatic rings. The predicted molar refractivity (Wildman–Crippen MR) is 91.7 cm³/mol. The molecule has 1 aliphatic heterocycles. The molecule has 0 bridgehead atoms. The maximum Gasteiger partial charge on any atom is 0.250 e. The molecule has 0 radical (unpaired) electrons. The fourth-order valence-electron chi connectivity index (χ4n) is 2.15. The van der Waals surface area contributed by atoms with E-state index in [1.165, 1.54) is 5.56 Å². The Labute approximate surface area is 135 Å². The highest BCUT2D eigenvalue weighted by molar-refractivity contribution is 6.74. The molecule has 0 aromatic heterocycles. The largest absolute Gasteiger partial charge is 0.543 e. The maximum absolute atomic E-state index is 6.53. The Balaban J connectivity index is 2.34. The van der Waals surface area contributed by atoms with Gasteiger partial charge in [0.2, 0.25) is 8.32 Å². The fourth-order valence-corrected chi connectivity index (χ4v) is 3.18. The molecular weight excluding hydrogens is 294 g/mol. The van der Waals surface area contributed by atoms with Crippen molar-refractivity contribution >= 4 is 8.32 Å². The van der Waals surface area contributed by atoms with E-state index in [-0.39, 0.29) is 11.3 Å². The highest BCUT2D eigenvalue weighted by Crippen LogP contribution is 2.40. The number of rotatable bonds is 5. The highest BCUT2D eigenvalue weighted by Gasteiger charge is 2.40. The average Bonchev–Trinajstić information content (AvgIpc) is 2.91. The van der Waals surface area contributed by atoms with E-state index in [2.05, 4.69) is 52.1 Å². The normalized spacial score (nSPS) is 17.0. The van der Waals surface area contributed by atoms with Crippen LogP contribution in [0, 0.1) is 0 Å². The Morgan fingerprint density at radius 1 is 1.23 bits per heavy atom. The van der Waals surface area contributed by atoms with E-state index in [9.17, 15) is 0 Å². The van der Waals surface area contributed by atoms with Crippen molar-refractivity contribution in [3.63, 3.8) is 0 Å². The van der Waals surface area contributed by atoms with Gasteiger partial charge in [-0.15, -0.1) is 0 Å². The molecule has 0 unspecified atom stereocenters. The van der Waals surface area contributed by atoms with Crippen LogP contribution < -0.4 is 10.2 Å². The smallest absolute Gasteiger partial charge is 0.250 e. The van der Waals surface area contributed by atoms with Crippen LogP contribution in [0.3, 0.4) is 0 Å². The molecule has 4 nitrogen and oxygen atoms in total.